The van der Waals surface area contributed by atoms with E-state index in [0.29, 0.717) is 24.2 Å². The first-order chi connectivity index (χ1) is 17.2. The minimum Gasteiger partial charge on any atom is -0.307 e. The molecule has 2 aliphatic rings. The van der Waals surface area contributed by atoms with Crippen LogP contribution < -0.4 is 4.90 Å². The Morgan fingerprint density at radius 1 is 1.00 bits per heavy atom. The Kier molecular flexibility index (Phi) is 6.47. The van der Waals surface area contributed by atoms with Crippen LogP contribution in [0.5, 0.6) is 0 Å². The monoisotopic (exact) mass is 487 g/mol. The maximum absolute atomic E-state index is 13.9. The van der Waals surface area contributed by atoms with Crippen molar-refractivity contribution in [2.24, 2.45) is 0 Å². The van der Waals surface area contributed by atoms with Crippen molar-refractivity contribution < 1.29 is 13.6 Å². The highest BCUT2D eigenvalue weighted by molar-refractivity contribution is 6.08. The Balaban J connectivity index is 1.32. The average molecular weight is 488 g/mol. The molecule has 1 fully saturated rings. The summed E-state index contributed by atoms with van der Waals surface area (Å²) in [6, 6.07) is 13.8. The molecule has 6 heteroatoms. The van der Waals surface area contributed by atoms with Gasteiger partial charge >= 0.3 is 0 Å². The zero-order valence-corrected chi connectivity index (χ0v) is 21.0. The number of pyridine rings is 1. The van der Waals surface area contributed by atoms with Crippen LogP contribution in [0.1, 0.15) is 51.3 Å². The Morgan fingerprint density at radius 2 is 1.72 bits per heavy atom. The van der Waals surface area contributed by atoms with Gasteiger partial charge in [0.05, 0.1) is 0 Å². The second kappa shape index (κ2) is 9.58. The summed E-state index contributed by atoms with van der Waals surface area (Å²) < 4.78 is 27.1. The van der Waals surface area contributed by atoms with Crippen molar-refractivity contribution in [1.29, 1.82) is 0 Å². The van der Waals surface area contributed by atoms with Gasteiger partial charge in [-0.05, 0) is 82.6 Å². The number of amides is 1. The molecule has 36 heavy (non-hydrogen) atoms. The lowest BCUT2D eigenvalue weighted by Crippen LogP contribution is -2.46. The first kappa shape index (κ1) is 24.3. The number of carbonyl (C=O) groups is 1. The minimum atomic E-state index is -0.570. The van der Waals surface area contributed by atoms with Crippen LogP contribution >= 0.6 is 0 Å². The van der Waals surface area contributed by atoms with Gasteiger partial charge in [-0.1, -0.05) is 29.8 Å². The zero-order chi connectivity index (χ0) is 25.4. The molecule has 0 bridgehead atoms. The first-order valence-corrected chi connectivity index (χ1v) is 12.5. The van der Waals surface area contributed by atoms with E-state index in [0.717, 1.165) is 49.1 Å². The van der Waals surface area contributed by atoms with Crippen molar-refractivity contribution in [3.8, 4) is 0 Å². The van der Waals surface area contributed by atoms with Gasteiger partial charge in [0.2, 0.25) is 0 Å². The number of halogens is 2. The lowest BCUT2D eigenvalue weighted by molar-refractivity contribution is 0.0977. The van der Waals surface area contributed by atoms with Crippen LogP contribution in [0.2, 0.25) is 0 Å². The number of carbonyl (C=O) groups excluding carboxylic acids is 1. The molecule has 1 aromatic heterocycles. The lowest BCUT2D eigenvalue weighted by Gasteiger charge is -2.39. The number of benzene rings is 2. The molecule has 186 valence electrons. The third-order valence-corrected chi connectivity index (χ3v) is 7.49. The average Bonchev–Trinajstić information content (AvgIpc) is 3.14. The van der Waals surface area contributed by atoms with E-state index in [2.05, 4.69) is 35.0 Å². The molecule has 3 aromatic rings. The Bertz CT molecular complexity index is 1320. The molecule has 1 amide bonds. The van der Waals surface area contributed by atoms with E-state index in [4.69, 9.17) is 0 Å². The van der Waals surface area contributed by atoms with Gasteiger partial charge in [0, 0.05) is 52.8 Å². The number of anilines is 1. The molecule has 0 unspecified atom stereocenters. The van der Waals surface area contributed by atoms with Crippen molar-refractivity contribution in [3.63, 3.8) is 0 Å². The van der Waals surface area contributed by atoms with Gasteiger partial charge in [0.1, 0.15) is 11.6 Å². The molecule has 0 radical (unpaired) electrons. The summed E-state index contributed by atoms with van der Waals surface area (Å²) in [5.41, 5.74) is 6.17. The number of fused-ring (bicyclic) bond motifs is 2. The molecule has 2 aliphatic heterocycles. The summed E-state index contributed by atoms with van der Waals surface area (Å²) in [7, 11) is 0. The summed E-state index contributed by atoms with van der Waals surface area (Å²) >= 11 is 0. The highest BCUT2D eigenvalue weighted by Crippen LogP contribution is 2.47. The summed E-state index contributed by atoms with van der Waals surface area (Å²) in [5.74, 6) is -1.09. The molecule has 3 heterocycles. The lowest BCUT2D eigenvalue weighted by atomic mass is 9.74. The van der Waals surface area contributed by atoms with E-state index in [1.165, 1.54) is 23.3 Å². The van der Waals surface area contributed by atoms with E-state index in [1.54, 1.807) is 6.08 Å². The van der Waals surface area contributed by atoms with Gasteiger partial charge in [-0.2, -0.15) is 0 Å². The topological polar surface area (TPSA) is 36.4 Å². The van der Waals surface area contributed by atoms with E-state index < -0.39 is 11.6 Å². The highest BCUT2D eigenvalue weighted by Gasteiger charge is 2.46. The maximum Gasteiger partial charge on any atom is 0.258 e. The van der Waals surface area contributed by atoms with E-state index in [1.807, 2.05) is 37.0 Å². The van der Waals surface area contributed by atoms with Crippen molar-refractivity contribution in [1.82, 2.24) is 9.88 Å². The van der Waals surface area contributed by atoms with Crippen molar-refractivity contribution in [3.05, 3.63) is 99.9 Å². The first-order valence-electron chi connectivity index (χ1n) is 12.5. The number of hydrogen-bond acceptors (Lipinski definition) is 3. The van der Waals surface area contributed by atoms with Crippen LogP contribution in [0.3, 0.4) is 0 Å². The van der Waals surface area contributed by atoms with Gasteiger partial charge in [-0.3, -0.25) is 14.7 Å². The molecule has 5 rings (SSSR count). The number of rotatable bonds is 4. The molecule has 1 spiro atoms. The number of hydrogen-bond donors (Lipinski definition) is 0. The Hall–Kier alpha value is -3.38. The van der Waals surface area contributed by atoms with Gasteiger partial charge < -0.3 is 4.90 Å². The smallest absolute Gasteiger partial charge is 0.258 e. The molecule has 0 N–H and O–H groups in total. The van der Waals surface area contributed by atoms with E-state index in [9.17, 15) is 13.6 Å². The maximum atomic E-state index is 13.9. The van der Waals surface area contributed by atoms with Crippen LogP contribution in [0.25, 0.3) is 6.08 Å². The Morgan fingerprint density at radius 3 is 2.42 bits per heavy atom. The molecule has 4 nitrogen and oxygen atoms in total. The number of aryl methyl sites for hydroxylation is 3. The largest absolute Gasteiger partial charge is 0.307 e. The van der Waals surface area contributed by atoms with Crippen LogP contribution in [0, 0.1) is 32.4 Å². The quantitative estimate of drug-likeness (QED) is 0.453. The zero-order valence-electron chi connectivity index (χ0n) is 21.0. The van der Waals surface area contributed by atoms with Crippen molar-refractivity contribution >= 4 is 17.7 Å². The second-order valence-corrected chi connectivity index (χ2v) is 10.2. The van der Waals surface area contributed by atoms with Gasteiger partial charge in [0.25, 0.3) is 5.91 Å². The van der Waals surface area contributed by atoms with Crippen molar-refractivity contribution in [2.75, 3.05) is 31.1 Å². The van der Waals surface area contributed by atoms with Crippen molar-refractivity contribution in [2.45, 2.75) is 39.0 Å². The predicted molar refractivity (Wildman–Crippen MR) is 139 cm³/mol. The fourth-order valence-electron chi connectivity index (χ4n) is 5.63. The van der Waals surface area contributed by atoms with E-state index >= 15 is 0 Å². The summed E-state index contributed by atoms with van der Waals surface area (Å²) in [5, 5.41) is 0. The second-order valence-electron chi connectivity index (χ2n) is 10.2. The molecule has 0 atom stereocenters. The third kappa shape index (κ3) is 4.70. The molecular weight excluding hydrogens is 456 g/mol. The summed E-state index contributed by atoms with van der Waals surface area (Å²) in [6.07, 6.45) is 5.54. The highest BCUT2D eigenvalue weighted by atomic mass is 19.1. The SMILES string of the molecule is Cc1ccc2c(c1)C1(CCN(C/C=C/c3ccc(F)cc3F)CC1)CN2C(=O)c1cc(C)nc(C)c1. The molecule has 2 aromatic carbocycles. The van der Waals surface area contributed by atoms with Crippen LogP contribution in [0.4, 0.5) is 14.5 Å². The van der Waals surface area contributed by atoms with E-state index in [-0.39, 0.29) is 11.3 Å². The minimum absolute atomic E-state index is 0.0252. The fraction of sp³-hybridized carbons (Fsp3) is 0.333. The summed E-state index contributed by atoms with van der Waals surface area (Å²) in [4.78, 5) is 22.4. The fourth-order valence-corrected chi connectivity index (χ4v) is 5.63. The molecule has 0 aliphatic carbocycles. The predicted octanol–water partition coefficient (Wildman–Crippen LogP) is 5.99. The number of likely N-dealkylation sites (tertiary alicyclic amines) is 1. The molecule has 1 saturated heterocycles. The number of aromatic nitrogens is 1. The van der Waals surface area contributed by atoms with Crippen LogP contribution in [0.15, 0.2) is 54.6 Å². The normalized spacial score (nSPS) is 17.2. The third-order valence-electron chi connectivity index (χ3n) is 7.49. The Labute approximate surface area is 211 Å². The summed E-state index contributed by atoms with van der Waals surface area (Å²) in [6.45, 7) is 9.09. The van der Waals surface area contributed by atoms with Gasteiger partial charge in [-0.15, -0.1) is 0 Å². The number of piperidine rings is 1. The molecular formula is C30H31F2N3O. The van der Waals surface area contributed by atoms with Crippen LogP contribution in [-0.4, -0.2) is 42.0 Å². The van der Waals surface area contributed by atoms with Crippen LogP contribution in [-0.2, 0) is 5.41 Å². The van der Waals surface area contributed by atoms with Gasteiger partial charge in [0.15, 0.2) is 0 Å². The standard InChI is InChI=1S/C30H31F2N3O/c1-20-6-9-28-26(15-20)30(19-35(28)29(36)24-16-21(2)33-22(3)17-24)10-13-34(14-11-30)12-4-5-23-7-8-25(31)18-27(23)32/h4-9,15-18H,10-14,19H2,1-3H3/b5-4+. The number of nitrogens with zero attached hydrogens (tertiary/aromatic N) is 3. The van der Waals surface area contributed by atoms with Gasteiger partial charge in [-0.25, -0.2) is 8.78 Å². The molecule has 0 saturated carbocycles.